The normalized spacial score (nSPS) is 18.7. The van der Waals surface area contributed by atoms with Crippen molar-refractivity contribution in [2.75, 3.05) is 46.8 Å². The number of carbonyl (C=O) groups excluding carboxylic acids is 1. The predicted molar refractivity (Wildman–Crippen MR) is 109 cm³/mol. The lowest BCUT2D eigenvalue weighted by Crippen LogP contribution is -2.47. The number of carbonyl (C=O) groups is 1. The Labute approximate surface area is 164 Å². The fourth-order valence-electron chi connectivity index (χ4n) is 3.69. The molecule has 0 saturated carbocycles. The van der Waals surface area contributed by atoms with Crippen LogP contribution in [0.1, 0.15) is 39.2 Å². The maximum atomic E-state index is 14.0. The molecule has 1 aliphatic heterocycles. The summed E-state index contributed by atoms with van der Waals surface area (Å²) in [5.74, 6) is 0.532. The molecule has 1 saturated heterocycles. The quantitative estimate of drug-likeness (QED) is 0.728. The summed E-state index contributed by atoms with van der Waals surface area (Å²) in [6.07, 6.45) is 2.23. The second kappa shape index (κ2) is 9.65. The number of amides is 1. The van der Waals surface area contributed by atoms with Crippen molar-refractivity contribution < 1.29 is 9.18 Å². The predicted octanol–water partition coefficient (Wildman–Crippen LogP) is 3.47. The first-order valence-electron chi connectivity index (χ1n) is 10.1. The van der Waals surface area contributed by atoms with Crippen LogP contribution in [0, 0.1) is 17.2 Å². The number of rotatable bonds is 7. The van der Waals surface area contributed by atoms with Crippen LogP contribution in [0.25, 0.3) is 0 Å². The van der Waals surface area contributed by atoms with Gasteiger partial charge in [-0.3, -0.25) is 9.69 Å². The molecule has 2 rings (SSSR count). The molecule has 0 N–H and O–H groups in total. The van der Waals surface area contributed by atoms with Crippen molar-refractivity contribution in [2.45, 2.75) is 40.2 Å². The van der Waals surface area contributed by atoms with Gasteiger partial charge >= 0.3 is 0 Å². The molecule has 0 radical (unpaired) electrons. The van der Waals surface area contributed by atoms with E-state index in [4.69, 9.17) is 0 Å². The Balaban J connectivity index is 1.99. The van der Waals surface area contributed by atoms with E-state index in [2.05, 4.69) is 9.80 Å². The van der Waals surface area contributed by atoms with Crippen molar-refractivity contribution in [1.29, 1.82) is 0 Å². The molecule has 1 aliphatic rings. The van der Waals surface area contributed by atoms with E-state index in [0.717, 1.165) is 51.1 Å². The van der Waals surface area contributed by atoms with Crippen LogP contribution in [0.5, 0.6) is 0 Å². The van der Waals surface area contributed by atoms with Gasteiger partial charge < -0.3 is 9.80 Å². The first-order valence-corrected chi connectivity index (χ1v) is 10.1. The summed E-state index contributed by atoms with van der Waals surface area (Å²) in [6.45, 7) is 10.9. The van der Waals surface area contributed by atoms with Gasteiger partial charge in [0.1, 0.15) is 5.82 Å². The van der Waals surface area contributed by atoms with E-state index in [1.807, 2.05) is 51.9 Å². The van der Waals surface area contributed by atoms with Crippen LogP contribution >= 0.6 is 0 Å². The van der Waals surface area contributed by atoms with E-state index >= 15 is 0 Å². The number of likely N-dealkylation sites (N-methyl/N-ethyl adjacent to an activating group) is 1. The monoisotopic (exact) mass is 377 g/mol. The molecule has 0 spiro atoms. The maximum Gasteiger partial charge on any atom is 0.228 e. The van der Waals surface area contributed by atoms with Crippen LogP contribution in [0.15, 0.2) is 24.3 Å². The zero-order chi connectivity index (χ0) is 20.0. The van der Waals surface area contributed by atoms with Crippen molar-refractivity contribution >= 4 is 5.91 Å². The summed E-state index contributed by atoms with van der Waals surface area (Å²) in [5.41, 5.74) is 0.391. The van der Waals surface area contributed by atoms with E-state index in [0.29, 0.717) is 12.5 Å². The number of halogens is 1. The van der Waals surface area contributed by atoms with Crippen LogP contribution in [-0.4, -0.2) is 67.4 Å². The van der Waals surface area contributed by atoms with Crippen LogP contribution in [-0.2, 0) is 11.3 Å². The van der Waals surface area contributed by atoms with Crippen molar-refractivity contribution in [2.24, 2.45) is 11.3 Å². The maximum absolute atomic E-state index is 14.0. The molecule has 4 nitrogen and oxygen atoms in total. The Morgan fingerprint density at radius 2 is 1.93 bits per heavy atom. The van der Waals surface area contributed by atoms with Crippen LogP contribution < -0.4 is 0 Å². The molecule has 1 amide bonds. The Morgan fingerprint density at radius 1 is 1.22 bits per heavy atom. The molecule has 1 fully saturated rings. The molecule has 1 atom stereocenters. The topological polar surface area (TPSA) is 26.8 Å². The van der Waals surface area contributed by atoms with Gasteiger partial charge in [-0.25, -0.2) is 4.39 Å². The molecule has 1 aromatic rings. The van der Waals surface area contributed by atoms with Crippen molar-refractivity contribution in [3.8, 4) is 0 Å². The van der Waals surface area contributed by atoms with Gasteiger partial charge in [-0.15, -0.1) is 0 Å². The number of piperidine rings is 1. The van der Waals surface area contributed by atoms with E-state index in [9.17, 15) is 9.18 Å². The second-order valence-electron chi connectivity index (χ2n) is 9.14. The molecule has 5 heteroatoms. The molecule has 0 unspecified atom stereocenters. The molecule has 27 heavy (non-hydrogen) atoms. The third-order valence-corrected chi connectivity index (χ3v) is 5.18. The van der Waals surface area contributed by atoms with Crippen molar-refractivity contribution in [3.63, 3.8) is 0 Å². The Hall–Kier alpha value is -1.46. The van der Waals surface area contributed by atoms with Crippen LogP contribution in [0.2, 0.25) is 0 Å². The number of likely N-dealkylation sites (tertiary alicyclic amines) is 1. The third-order valence-electron chi connectivity index (χ3n) is 5.18. The summed E-state index contributed by atoms with van der Waals surface area (Å²) in [4.78, 5) is 19.4. The zero-order valence-electron chi connectivity index (χ0n) is 17.7. The van der Waals surface area contributed by atoms with Crippen LogP contribution in [0.3, 0.4) is 0 Å². The largest absolute Gasteiger partial charge is 0.341 e. The van der Waals surface area contributed by atoms with E-state index < -0.39 is 0 Å². The Bertz CT molecular complexity index is 612. The van der Waals surface area contributed by atoms with Crippen molar-refractivity contribution in [1.82, 2.24) is 14.7 Å². The first-order chi connectivity index (χ1) is 12.7. The molecule has 0 bridgehead atoms. The molecule has 1 heterocycles. The van der Waals surface area contributed by atoms with Gasteiger partial charge in [-0.2, -0.15) is 0 Å². The minimum atomic E-state index is -0.367. The van der Waals surface area contributed by atoms with Crippen molar-refractivity contribution in [3.05, 3.63) is 35.6 Å². The summed E-state index contributed by atoms with van der Waals surface area (Å²) >= 11 is 0. The number of hydrogen-bond donors (Lipinski definition) is 0. The minimum Gasteiger partial charge on any atom is -0.341 e. The van der Waals surface area contributed by atoms with Crippen LogP contribution in [0.4, 0.5) is 4.39 Å². The highest BCUT2D eigenvalue weighted by Crippen LogP contribution is 2.23. The fourth-order valence-corrected chi connectivity index (χ4v) is 3.69. The van der Waals surface area contributed by atoms with Gasteiger partial charge in [0.25, 0.3) is 0 Å². The summed E-state index contributed by atoms with van der Waals surface area (Å²) < 4.78 is 14.0. The van der Waals surface area contributed by atoms with E-state index in [-0.39, 0.29) is 17.1 Å². The third kappa shape index (κ3) is 6.89. The summed E-state index contributed by atoms with van der Waals surface area (Å²) in [5, 5.41) is 0. The highest BCUT2D eigenvalue weighted by Gasteiger charge is 2.30. The molecule has 0 aromatic heterocycles. The molecule has 152 valence electrons. The Morgan fingerprint density at radius 3 is 2.56 bits per heavy atom. The molecular weight excluding hydrogens is 341 g/mol. The first kappa shape index (κ1) is 21.8. The molecule has 1 aromatic carbocycles. The van der Waals surface area contributed by atoms with E-state index in [1.54, 1.807) is 6.07 Å². The average Bonchev–Trinajstić information content (AvgIpc) is 2.59. The summed E-state index contributed by atoms with van der Waals surface area (Å²) in [7, 11) is 4.08. The second-order valence-corrected chi connectivity index (χ2v) is 9.14. The average molecular weight is 378 g/mol. The summed E-state index contributed by atoms with van der Waals surface area (Å²) in [6, 6.07) is 7.02. The number of nitrogens with zero attached hydrogens (tertiary/aromatic N) is 3. The Kier molecular flexibility index (Phi) is 7.80. The standard InChI is InChI=1S/C22H36FN3O/c1-22(2,3)21(27)26(14-13-24(4)5)16-18-9-8-12-25(15-18)17-19-10-6-7-11-20(19)23/h6-7,10-11,18H,8-9,12-17H2,1-5H3/t18-/m0/s1. The lowest BCUT2D eigenvalue weighted by atomic mass is 9.92. The van der Waals surface area contributed by atoms with Gasteiger partial charge in [0.15, 0.2) is 0 Å². The lowest BCUT2D eigenvalue weighted by molar-refractivity contribution is -0.140. The van der Waals surface area contributed by atoms with E-state index in [1.165, 1.54) is 6.07 Å². The molecule has 0 aliphatic carbocycles. The number of benzene rings is 1. The fraction of sp³-hybridized carbons (Fsp3) is 0.682. The highest BCUT2D eigenvalue weighted by atomic mass is 19.1. The molecular formula is C22H36FN3O. The van der Waals surface area contributed by atoms with Gasteiger partial charge in [0.2, 0.25) is 5.91 Å². The smallest absolute Gasteiger partial charge is 0.228 e. The zero-order valence-corrected chi connectivity index (χ0v) is 17.7. The van der Waals surface area contributed by atoms with Gasteiger partial charge in [-0.05, 0) is 45.5 Å². The van der Waals surface area contributed by atoms with Gasteiger partial charge in [0.05, 0.1) is 0 Å². The lowest BCUT2D eigenvalue weighted by Gasteiger charge is -2.38. The highest BCUT2D eigenvalue weighted by molar-refractivity contribution is 5.81. The van der Waals surface area contributed by atoms with Gasteiger partial charge in [0, 0.05) is 43.7 Å². The minimum absolute atomic E-state index is 0.129. The van der Waals surface area contributed by atoms with Gasteiger partial charge in [-0.1, -0.05) is 39.0 Å². The SMILES string of the molecule is CN(C)CCN(C[C@H]1CCCN(Cc2ccccc2F)C1)C(=O)C(C)(C)C. The number of hydrogen-bond acceptors (Lipinski definition) is 3.